The monoisotopic (exact) mass is 376 g/mol. The van der Waals surface area contributed by atoms with E-state index in [0.29, 0.717) is 38.2 Å². The Morgan fingerprint density at radius 3 is 2.46 bits per heavy atom. The number of carbonyl (C=O) groups excluding carboxylic acids is 1. The lowest BCUT2D eigenvalue weighted by Crippen LogP contribution is -2.48. The van der Waals surface area contributed by atoms with Crippen LogP contribution in [0.15, 0.2) is 40.5 Å². The molecule has 0 bridgehead atoms. The van der Waals surface area contributed by atoms with Crippen molar-refractivity contribution in [2.24, 2.45) is 10.2 Å². The van der Waals surface area contributed by atoms with Gasteiger partial charge in [0.15, 0.2) is 15.6 Å². The van der Waals surface area contributed by atoms with Gasteiger partial charge >= 0.3 is 0 Å². The van der Waals surface area contributed by atoms with Gasteiger partial charge in [0.1, 0.15) is 4.75 Å². The van der Waals surface area contributed by atoms with Gasteiger partial charge in [0.25, 0.3) is 0 Å². The summed E-state index contributed by atoms with van der Waals surface area (Å²) in [7, 11) is -3.59. The van der Waals surface area contributed by atoms with Crippen LogP contribution in [0.3, 0.4) is 0 Å². The van der Waals surface area contributed by atoms with Crippen LogP contribution in [0.5, 0.6) is 0 Å². The summed E-state index contributed by atoms with van der Waals surface area (Å²) in [5, 5.41) is 7.75. The predicted octanol–water partition coefficient (Wildman–Crippen LogP) is 2.57. The van der Waals surface area contributed by atoms with Crippen molar-refractivity contribution >= 4 is 27.0 Å². The first kappa shape index (κ1) is 18.9. The van der Waals surface area contributed by atoms with E-state index < -0.39 is 19.8 Å². The topological polar surface area (TPSA) is 85.2 Å². The zero-order chi connectivity index (χ0) is 18.8. The van der Waals surface area contributed by atoms with Crippen molar-refractivity contribution in [1.29, 1.82) is 0 Å². The quantitative estimate of drug-likeness (QED) is 0.764. The molecule has 1 aromatic rings. The molecular formula is C19H24N2O4S. The zero-order valence-electron chi connectivity index (χ0n) is 15.1. The fourth-order valence-corrected chi connectivity index (χ4v) is 5.28. The number of carbonyl (C=O) groups is 1. The molecule has 140 valence electrons. The number of hydrogen-bond acceptors (Lipinski definition) is 6. The normalized spacial score (nSPS) is 19.2. The number of ether oxygens (including phenoxy) is 1. The van der Waals surface area contributed by atoms with E-state index in [1.54, 1.807) is 0 Å². The third kappa shape index (κ3) is 3.64. The third-order valence-electron chi connectivity index (χ3n) is 5.15. The minimum absolute atomic E-state index is 0.00921. The number of nitrogens with zero attached hydrogens (tertiary/aromatic N) is 2. The van der Waals surface area contributed by atoms with E-state index in [9.17, 15) is 13.2 Å². The van der Waals surface area contributed by atoms with Crippen LogP contribution >= 0.6 is 0 Å². The highest BCUT2D eigenvalue weighted by molar-refractivity contribution is 7.94. The molecule has 1 fully saturated rings. The number of sulfone groups is 1. The number of ketones is 1. The first-order chi connectivity index (χ1) is 12.3. The molecule has 0 unspecified atom stereocenters. The maximum Gasteiger partial charge on any atom is 0.165 e. The van der Waals surface area contributed by atoms with E-state index in [2.05, 4.69) is 10.2 Å². The van der Waals surface area contributed by atoms with Crippen molar-refractivity contribution in [2.45, 2.75) is 49.5 Å². The first-order valence-corrected chi connectivity index (χ1v) is 10.4. The molecule has 0 saturated carbocycles. The van der Waals surface area contributed by atoms with Gasteiger partial charge < -0.3 is 4.74 Å². The van der Waals surface area contributed by atoms with Crippen LogP contribution in [-0.2, 0) is 19.4 Å². The van der Waals surface area contributed by atoms with Crippen LogP contribution < -0.4 is 0 Å². The van der Waals surface area contributed by atoms with Gasteiger partial charge in [-0.15, -0.1) is 0 Å². The molecular weight excluding hydrogens is 352 g/mol. The van der Waals surface area contributed by atoms with Crippen molar-refractivity contribution in [1.82, 2.24) is 0 Å². The van der Waals surface area contributed by atoms with E-state index in [1.165, 1.54) is 13.8 Å². The van der Waals surface area contributed by atoms with Gasteiger partial charge in [0, 0.05) is 26.1 Å². The molecule has 0 aromatic heterocycles. The SMILES string of the molecule is CC(C)(C(=O)CC1=NN=C(c2ccccc2)C1)S(=O)(=O)C1CCOCC1. The lowest BCUT2D eigenvalue weighted by molar-refractivity contribution is -0.119. The van der Waals surface area contributed by atoms with Gasteiger partial charge in [-0.25, -0.2) is 8.42 Å². The Bertz CT molecular complexity index is 836. The predicted molar refractivity (Wildman–Crippen MR) is 101 cm³/mol. The summed E-state index contributed by atoms with van der Waals surface area (Å²) in [5.74, 6) is -0.327. The fraction of sp³-hybridized carbons (Fsp3) is 0.526. The van der Waals surface area contributed by atoms with Crippen LogP contribution in [0, 0.1) is 0 Å². The van der Waals surface area contributed by atoms with Crippen molar-refractivity contribution in [3.63, 3.8) is 0 Å². The Balaban J connectivity index is 1.66. The molecule has 2 aliphatic heterocycles. The van der Waals surface area contributed by atoms with E-state index in [0.717, 1.165) is 11.3 Å². The Labute approximate surface area is 154 Å². The third-order valence-corrected chi connectivity index (χ3v) is 8.14. The van der Waals surface area contributed by atoms with Crippen LogP contribution in [-0.4, -0.2) is 48.8 Å². The summed E-state index contributed by atoms with van der Waals surface area (Å²) in [6.07, 6.45) is 1.38. The Hall–Kier alpha value is -1.86. The van der Waals surface area contributed by atoms with Crippen molar-refractivity contribution < 1.29 is 17.9 Å². The second-order valence-corrected chi connectivity index (χ2v) is 10.0. The molecule has 3 rings (SSSR count). The largest absolute Gasteiger partial charge is 0.381 e. The summed E-state index contributed by atoms with van der Waals surface area (Å²) in [6.45, 7) is 3.87. The highest BCUT2D eigenvalue weighted by Gasteiger charge is 2.46. The summed E-state index contributed by atoms with van der Waals surface area (Å²) < 4.78 is 29.7. The molecule has 6 nitrogen and oxygen atoms in total. The summed E-state index contributed by atoms with van der Waals surface area (Å²) >= 11 is 0. The molecule has 26 heavy (non-hydrogen) atoms. The molecule has 0 aliphatic carbocycles. The number of rotatable bonds is 6. The van der Waals surface area contributed by atoms with E-state index in [1.807, 2.05) is 30.3 Å². The smallest absolute Gasteiger partial charge is 0.165 e. The number of Topliss-reactive ketones (excluding diaryl/α,β-unsaturated/α-hetero) is 1. The summed E-state index contributed by atoms with van der Waals surface area (Å²) in [6, 6.07) is 9.65. The van der Waals surface area contributed by atoms with Gasteiger partial charge in [0.2, 0.25) is 0 Å². The molecule has 0 atom stereocenters. The van der Waals surface area contributed by atoms with Crippen molar-refractivity contribution in [2.75, 3.05) is 13.2 Å². The molecule has 7 heteroatoms. The van der Waals surface area contributed by atoms with Crippen LogP contribution in [0.1, 0.15) is 45.1 Å². The van der Waals surface area contributed by atoms with E-state index in [-0.39, 0.29) is 12.2 Å². The maximum absolute atomic E-state index is 13.0. The maximum atomic E-state index is 13.0. The molecule has 2 aliphatic rings. The molecule has 1 saturated heterocycles. The second kappa shape index (κ2) is 7.40. The van der Waals surface area contributed by atoms with Crippen molar-refractivity contribution in [3.8, 4) is 0 Å². The zero-order valence-corrected chi connectivity index (χ0v) is 16.0. The van der Waals surface area contributed by atoms with E-state index >= 15 is 0 Å². The minimum Gasteiger partial charge on any atom is -0.381 e. The number of hydrogen-bond donors (Lipinski definition) is 0. The van der Waals surface area contributed by atoms with Gasteiger partial charge in [0.05, 0.1) is 16.7 Å². The highest BCUT2D eigenvalue weighted by atomic mass is 32.2. The lowest BCUT2D eigenvalue weighted by atomic mass is 9.98. The minimum atomic E-state index is -3.59. The molecule has 0 spiro atoms. The fourth-order valence-electron chi connectivity index (χ4n) is 3.24. The van der Waals surface area contributed by atoms with Gasteiger partial charge in [-0.1, -0.05) is 30.3 Å². The van der Waals surface area contributed by atoms with Gasteiger partial charge in [-0.3, -0.25) is 4.79 Å². The molecule has 2 heterocycles. The average molecular weight is 376 g/mol. The standard InChI is InChI=1S/C19H24N2O4S/c1-19(2,26(23,24)16-8-10-25-11-9-16)18(22)13-15-12-17(21-20-15)14-6-4-3-5-7-14/h3-7,16H,8-13H2,1-2H3. The first-order valence-electron chi connectivity index (χ1n) is 8.84. The molecule has 1 aromatic carbocycles. The highest BCUT2D eigenvalue weighted by Crippen LogP contribution is 2.30. The summed E-state index contributed by atoms with van der Waals surface area (Å²) in [5.41, 5.74) is 2.38. The van der Waals surface area contributed by atoms with Crippen LogP contribution in [0.2, 0.25) is 0 Å². The molecule has 0 N–H and O–H groups in total. The van der Waals surface area contributed by atoms with Crippen LogP contribution in [0.25, 0.3) is 0 Å². The Morgan fingerprint density at radius 1 is 1.15 bits per heavy atom. The van der Waals surface area contributed by atoms with Crippen LogP contribution in [0.4, 0.5) is 0 Å². The second-order valence-electron chi connectivity index (χ2n) is 7.22. The molecule has 0 amide bonds. The van der Waals surface area contributed by atoms with Gasteiger partial charge in [-0.2, -0.15) is 10.2 Å². The molecule has 0 radical (unpaired) electrons. The number of benzene rings is 1. The average Bonchev–Trinajstić information content (AvgIpc) is 3.11. The summed E-state index contributed by atoms with van der Waals surface area (Å²) in [4.78, 5) is 12.8. The lowest BCUT2D eigenvalue weighted by Gasteiger charge is -2.31. The Morgan fingerprint density at radius 2 is 1.81 bits per heavy atom. The Kier molecular flexibility index (Phi) is 5.39. The van der Waals surface area contributed by atoms with Gasteiger partial charge in [-0.05, 0) is 32.3 Å². The van der Waals surface area contributed by atoms with E-state index in [4.69, 9.17) is 4.74 Å². The van der Waals surface area contributed by atoms with Crippen molar-refractivity contribution in [3.05, 3.63) is 35.9 Å².